The van der Waals surface area contributed by atoms with Crippen LogP contribution >= 0.6 is 11.3 Å². The summed E-state index contributed by atoms with van der Waals surface area (Å²) >= 11 is 1.84. The summed E-state index contributed by atoms with van der Waals surface area (Å²) in [6.45, 7) is 12.3. The zero-order valence-electron chi connectivity index (χ0n) is 15.9. The maximum absolute atomic E-state index is 4.93. The summed E-state index contributed by atoms with van der Waals surface area (Å²) in [4.78, 5) is 12.6. The van der Waals surface area contributed by atoms with Crippen molar-refractivity contribution in [2.75, 3.05) is 63.8 Å². The number of hydrogen-bond acceptors (Lipinski definition) is 5. The first-order valence-electron chi connectivity index (χ1n) is 10.1. The average molecular weight is 377 g/mol. The van der Waals surface area contributed by atoms with E-state index in [1.54, 1.807) is 0 Å². The van der Waals surface area contributed by atoms with Gasteiger partial charge >= 0.3 is 0 Å². The second kappa shape index (κ2) is 8.59. The monoisotopic (exact) mass is 376 g/mol. The Morgan fingerprint density at radius 2 is 2.00 bits per heavy atom. The van der Waals surface area contributed by atoms with E-state index in [0.717, 1.165) is 32.1 Å². The maximum atomic E-state index is 4.93. The molecule has 6 nitrogen and oxygen atoms in total. The van der Waals surface area contributed by atoms with Crippen molar-refractivity contribution in [3.63, 3.8) is 0 Å². The Hall–Kier alpha value is -1.31. The largest absolute Gasteiger partial charge is 0.363 e. The molecule has 4 fully saturated rings. The molecule has 0 saturated carbocycles. The van der Waals surface area contributed by atoms with Crippen molar-refractivity contribution < 1.29 is 0 Å². The van der Waals surface area contributed by atoms with Gasteiger partial charge in [0, 0.05) is 64.4 Å². The SMILES string of the molecule is CCNC(=NCC1CN2CCN1CC2)NC1CCN(c2cccs2)CC1. The van der Waals surface area contributed by atoms with Crippen molar-refractivity contribution in [3.8, 4) is 0 Å². The quantitative estimate of drug-likeness (QED) is 0.599. The van der Waals surface area contributed by atoms with Crippen LogP contribution in [0.15, 0.2) is 22.5 Å². The summed E-state index contributed by atoms with van der Waals surface area (Å²) in [5, 5.41) is 10.7. The highest BCUT2D eigenvalue weighted by atomic mass is 32.1. The highest BCUT2D eigenvalue weighted by Gasteiger charge is 2.31. The number of hydrogen-bond donors (Lipinski definition) is 2. The predicted octanol–water partition coefficient (Wildman–Crippen LogP) is 1.27. The molecule has 4 aliphatic rings. The molecule has 1 aromatic rings. The van der Waals surface area contributed by atoms with Crippen molar-refractivity contribution in [2.45, 2.75) is 31.8 Å². The molecule has 2 bridgehead atoms. The van der Waals surface area contributed by atoms with Crippen LogP contribution < -0.4 is 15.5 Å². The number of guanidine groups is 1. The van der Waals surface area contributed by atoms with E-state index < -0.39 is 0 Å². The van der Waals surface area contributed by atoms with Gasteiger partial charge in [0.2, 0.25) is 0 Å². The molecule has 5 rings (SSSR count). The number of thiophene rings is 1. The Morgan fingerprint density at radius 3 is 2.62 bits per heavy atom. The summed E-state index contributed by atoms with van der Waals surface area (Å²) in [6.07, 6.45) is 2.34. The van der Waals surface area contributed by atoms with Gasteiger partial charge in [0.15, 0.2) is 5.96 Å². The number of fused-ring (bicyclic) bond motifs is 3. The van der Waals surface area contributed by atoms with Crippen molar-refractivity contribution in [1.82, 2.24) is 20.4 Å². The lowest BCUT2D eigenvalue weighted by molar-refractivity contribution is 0.0174. The van der Waals surface area contributed by atoms with Crippen LogP contribution in [0.1, 0.15) is 19.8 Å². The molecule has 0 spiro atoms. The minimum Gasteiger partial charge on any atom is -0.363 e. The van der Waals surface area contributed by atoms with Gasteiger partial charge in [-0.3, -0.25) is 14.8 Å². The van der Waals surface area contributed by atoms with Gasteiger partial charge in [0.25, 0.3) is 0 Å². The minimum absolute atomic E-state index is 0.524. The van der Waals surface area contributed by atoms with Crippen molar-refractivity contribution in [2.24, 2.45) is 4.99 Å². The fraction of sp³-hybridized carbons (Fsp3) is 0.737. The first-order chi connectivity index (χ1) is 12.8. The number of nitrogens with zero attached hydrogens (tertiary/aromatic N) is 4. The summed E-state index contributed by atoms with van der Waals surface area (Å²) in [6, 6.07) is 5.49. The molecule has 0 aliphatic carbocycles. The van der Waals surface area contributed by atoms with Gasteiger partial charge in [-0.05, 0) is 37.3 Å². The van der Waals surface area contributed by atoms with E-state index in [1.807, 2.05) is 11.3 Å². The van der Waals surface area contributed by atoms with Crippen LogP contribution in [0.3, 0.4) is 0 Å². The van der Waals surface area contributed by atoms with E-state index in [2.05, 4.69) is 49.8 Å². The Labute approximate surface area is 161 Å². The van der Waals surface area contributed by atoms with Gasteiger partial charge in [-0.2, -0.15) is 0 Å². The number of aliphatic imine (C=N–C) groups is 1. The molecule has 7 heteroatoms. The van der Waals surface area contributed by atoms with Gasteiger partial charge in [0.1, 0.15) is 0 Å². The smallest absolute Gasteiger partial charge is 0.191 e. The zero-order valence-corrected chi connectivity index (χ0v) is 16.7. The van der Waals surface area contributed by atoms with E-state index in [-0.39, 0.29) is 0 Å². The molecule has 4 aliphatic heterocycles. The van der Waals surface area contributed by atoms with Crippen LogP contribution in [-0.2, 0) is 0 Å². The molecule has 0 radical (unpaired) electrons. The van der Waals surface area contributed by atoms with Gasteiger partial charge < -0.3 is 15.5 Å². The van der Waals surface area contributed by atoms with Gasteiger partial charge in [-0.1, -0.05) is 0 Å². The minimum atomic E-state index is 0.524. The molecule has 1 unspecified atom stereocenters. The van der Waals surface area contributed by atoms with E-state index >= 15 is 0 Å². The second-order valence-corrected chi connectivity index (χ2v) is 8.49. The number of nitrogens with one attached hydrogen (secondary N) is 2. The molecule has 0 amide bonds. The normalized spacial score (nSPS) is 29.8. The molecule has 1 aromatic heterocycles. The van der Waals surface area contributed by atoms with Crippen LogP contribution in [0.2, 0.25) is 0 Å². The van der Waals surface area contributed by atoms with E-state index in [9.17, 15) is 0 Å². The van der Waals surface area contributed by atoms with Crippen LogP contribution in [0.5, 0.6) is 0 Å². The Balaban J connectivity index is 1.28. The lowest BCUT2D eigenvalue weighted by Crippen LogP contribution is -2.62. The van der Waals surface area contributed by atoms with Crippen LogP contribution in [0.4, 0.5) is 5.00 Å². The Morgan fingerprint density at radius 1 is 1.19 bits per heavy atom. The predicted molar refractivity (Wildman–Crippen MR) is 110 cm³/mol. The molecule has 1 atom stereocenters. The topological polar surface area (TPSA) is 46.1 Å². The van der Waals surface area contributed by atoms with Crippen LogP contribution in [-0.4, -0.2) is 86.7 Å². The molecule has 5 heterocycles. The number of piperidine rings is 1. The molecule has 0 aromatic carbocycles. The lowest BCUT2D eigenvalue weighted by Gasteiger charge is -2.47. The first kappa shape index (κ1) is 18.1. The van der Waals surface area contributed by atoms with E-state index in [1.165, 1.54) is 50.6 Å². The summed E-state index contributed by atoms with van der Waals surface area (Å²) in [7, 11) is 0. The molecular weight excluding hydrogens is 344 g/mol. The average Bonchev–Trinajstić information content (AvgIpc) is 3.23. The molecule has 26 heavy (non-hydrogen) atoms. The van der Waals surface area contributed by atoms with Crippen LogP contribution in [0.25, 0.3) is 0 Å². The molecular formula is C19H32N6S. The number of piperazine rings is 3. The van der Waals surface area contributed by atoms with Gasteiger partial charge in [0.05, 0.1) is 11.5 Å². The highest BCUT2D eigenvalue weighted by molar-refractivity contribution is 7.14. The number of rotatable bonds is 5. The second-order valence-electron chi connectivity index (χ2n) is 7.57. The number of anilines is 1. The fourth-order valence-electron chi connectivity index (χ4n) is 4.30. The van der Waals surface area contributed by atoms with Gasteiger partial charge in [-0.15, -0.1) is 11.3 Å². The lowest BCUT2D eigenvalue weighted by atomic mass is 10.1. The molecule has 2 N–H and O–H groups in total. The summed E-state index contributed by atoms with van der Waals surface area (Å²) < 4.78 is 0. The van der Waals surface area contributed by atoms with Crippen molar-refractivity contribution in [1.29, 1.82) is 0 Å². The first-order valence-corrected chi connectivity index (χ1v) is 11.0. The standard InChI is InChI=1S/C19H32N6S/c1-2-20-19(21-14-17-15-23-9-11-24(17)12-10-23)22-16-5-7-25(8-6-16)18-4-3-13-26-18/h3-4,13,16-17H,2,5-12,14-15H2,1H3,(H2,20,21,22). The van der Waals surface area contributed by atoms with Gasteiger partial charge in [-0.25, -0.2) is 0 Å². The van der Waals surface area contributed by atoms with E-state index in [0.29, 0.717) is 12.1 Å². The Kier molecular flexibility index (Phi) is 5.97. The third-order valence-corrected chi connectivity index (χ3v) is 6.78. The van der Waals surface area contributed by atoms with E-state index in [4.69, 9.17) is 4.99 Å². The third kappa shape index (κ3) is 4.32. The zero-order chi connectivity index (χ0) is 17.8. The van der Waals surface area contributed by atoms with Crippen LogP contribution in [0, 0.1) is 0 Å². The Bertz CT molecular complexity index is 573. The summed E-state index contributed by atoms with van der Waals surface area (Å²) in [5.74, 6) is 1.000. The molecule has 144 valence electrons. The van der Waals surface area contributed by atoms with Crippen molar-refractivity contribution >= 4 is 22.3 Å². The third-order valence-electron chi connectivity index (χ3n) is 5.85. The summed E-state index contributed by atoms with van der Waals surface area (Å²) in [5.41, 5.74) is 0. The highest BCUT2D eigenvalue weighted by Crippen LogP contribution is 2.24. The van der Waals surface area contributed by atoms with Crippen molar-refractivity contribution in [3.05, 3.63) is 17.5 Å². The fourth-order valence-corrected chi connectivity index (χ4v) is 5.09. The maximum Gasteiger partial charge on any atom is 0.191 e. The molecule has 4 saturated heterocycles.